The van der Waals surface area contributed by atoms with Gasteiger partial charge in [0.1, 0.15) is 92.6 Å². The number of thioether (sulfide) groups is 1. The minimum Gasteiger partial charge on any atom is -0.494 e. The molecule has 0 aromatic carbocycles. The number of carbonyl (C=O) groups excluding carboxylic acids is 4. The number of hydrogen-bond donors (Lipinski definition) is 6. The van der Waals surface area contributed by atoms with E-state index in [1.54, 1.807) is 102 Å². The van der Waals surface area contributed by atoms with Gasteiger partial charge in [0.05, 0.1) is 103 Å². The highest BCUT2D eigenvalue weighted by Gasteiger charge is 2.60. The Morgan fingerprint density at radius 3 is 1.06 bits per heavy atom. The third-order valence-corrected chi connectivity index (χ3v) is 20.0. The van der Waals surface area contributed by atoms with E-state index < -0.39 is 22.4 Å². The molecule has 0 bridgehead atoms. The van der Waals surface area contributed by atoms with Gasteiger partial charge in [-0.15, -0.1) is 0 Å². The molecule has 5 aliphatic heterocycles. The quantitative estimate of drug-likeness (QED) is 0.0518. The van der Waals surface area contributed by atoms with Gasteiger partial charge in [-0.25, -0.2) is 24.2 Å². The standard InChI is InChI=1S/3C16H23N3O3.C13H19N3O3.C10H14N2OS.C6H7ClN2O/c2*1-15(2,3)22-14(20)19-7-5-16(19)8-11(9-16)21-13-4-6-18-10-12(13)17;1-15(2,3)22-14(20)19-9-16(10-19)6-11(7-16)21-13-4-5-18-8-12(13)17;1-13(2,3)19-12(17)16-7-9(8-16)18-11-4-5-15-6-10(11)14;11-9-7-12-4-1-10(9)13-8-2-5-14-6-3-8;1-10-5-2-6(7)9-3-4(5)8/h2*4,6,10-11H,5,7-9,17H2,1-3H3;4-5,8,11H,6-7,9-10,17H2,1-3H3;4-6,9H,7-8,14H2,1-3H3;1,4,7-8H,2-3,5-6,11H2;2-3H,8H2,1H3. The Labute approximate surface area is 647 Å². The van der Waals surface area contributed by atoms with Crippen molar-refractivity contribution in [2.45, 2.75) is 211 Å². The Bertz CT molecular complexity index is 3920. The zero-order valence-corrected chi connectivity index (χ0v) is 66.4. The van der Waals surface area contributed by atoms with E-state index in [-0.39, 0.29) is 65.3 Å². The van der Waals surface area contributed by atoms with Crippen molar-refractivity contribution < 1.29 is 66.5 Å². The first-order valence-electron chi connectivity index (χ1n) is 36.6. The van der Waals surface area contributed by atoms with E-state index >= 15 is 0 Å². The van der Waals surface area contributed by atoms with E-state index in [1.165, 1.54) is 24.8 Å². The van der Waals surface area contributed by atoms with Gasteiger partial charge in [-0.05, 0) is 133 Å². The normalized spacial score (nSPS) is 18.2. The molecule has 0 atom stereocenters. The van der Waals surface area contributed by atoms with Gasteiger partial charge in [-0.1, -0.05) is 11.6 Å². The summed E-state index contributed by atoms with van der Waals surface area (Å²) in [7, 11) is 1.53. The smallest absolute Gasteiger partial charge is 0.410 e. The maximum Gasteiger partial charge on any atom is 0.410 e. The number of pyridine rings is 6. The van der Waals surface area contributed by atoms with Crippen LogP contribution in [0.5, 0.6) is 34.5 Å². The highest BCUT2D eigenvalue weighted by molar-refractivity contribution is 7.99. The van der Waals surface area contributed by atoms with Gasteiger partial charge >= 0.3 is 24.4 Å². The third kappa shape index (κ3) is 23.6. The molecule has 6 aromatic heterocycles. The molecule has 32 heteroatoms. The maximum atomic E-state index is 12.2. The van der Waals surface area contributed by atoms with Crippen LogP contribution in [0, 0.1) is 5.41 Å². The van der Waals surface area contributed by atoms with Crippen LogP contribution in [0.2, 0.25) is 5.15 Å². The summed E-state index contributed by atoms with van der Waals surface area (Å²) < 4.78 is 55.6. The number of amides is 4. The average molecular weight is 1550 g/mol. The number of hydrogen-bond acceptors (Lipinski definition) is 27. The lowest BCUT2D eigenvalue weighted by molar-refractivity contribution is -0.122. The zero-order chi connectivity index (χ0) is 79.3. The second-order valence-electron chi connectivity index (χ2n) is 32.4. The Kier molecular flexibility index (Phi) is 26.9. The van der Waals surface area contributed by atoms with Crippen molar-refractivity contribution in [3.63, 3.8) is 0 Å². The predicted octanol–water partition coefficient (Wildman–Crippen LogP) is 12.5. The molecule has 8 aliphatic rings. The molecule has 3 saturated carbocycles. The summed E-state index contributed by atoms with van der Waals surface area (Å²) in [5.74, 6) is 6.33. The molecule has 594 valence electrons. The van der Waals surface area contributed by atoms with Crippen LogP contribution in [0.25, 0.3) is 0 Å². The molecule has 30 nitrogen and oxygen atoms in total. The predicted molar refractivity (Wildman–Crippen MR) is 418 cm³/mol. The molecule has 14 rings (SSSR count). The number of halogens is 1. The van der Waals surface area contributed by atoms with Crippen LogP contribution in [0.1, 0.15) is 147 Å². The van der Waals surface area contributed by atoms with Crippen molar-refractivity contribution in [1.29, 1.82) is 0 Å². The van der Waals surface area contributed by atoms with Crippen molar-refractivity contribution in [3.05, 3.63) is 110 Å². The number of methoxy groups -OCH3 is 1. The van der Waals surface area contributed by atoms with Gasteiger partial charge in [0.2, 0.25) is 0 Å². The molecule has 109 heavy (non-hydrogen) atoms. The Morgan fingerprint density at radius 2 is 0.743 bits per heavy atom. The van der Waals surface area contributed by atoms with E-state index in [9.17, 15) is 19.2 Å². The van der Waals surface area contributed by atoms with Crippen molar-refractivity contribution in [2.24, 2.45) is 5.41 Å². The molecular formula is C77H109ClN16O14S. The third-order valence-electron chi connectivity index (χ3n) is 18.7. The molecular weight excluding hydrogens is 1440 g/mol. The summed E-state index contributed by atoms with van der Waals surface area (Å²) in [6.07, 6.45) is 26.9. The lowest BCUT2D eigenvalue weighted by atomic mass is 9.62. The Morgan fingerprint density at radius 1 is 0.431 bits per heavy atom. The lowest BCUT2D eigenvalue weighted by Gasteiger charge is -2.60. The topological polar surface area (TPSA) is 407 Å². The molecule has 5 saturated heterocycles. The van der Waals surface area contributed by atoms with E-state index in [0.29, 0.717) is 87.2 Å². The first-order valence-corrected chi connectivity index (χ1v) is 38.1. The highest BCUT2D eigenvalue weighted by atomic mass is 35.5. The van der Waals surface area contributed by atoms with Crippen LogP contribution in [-0.2, 0) is 18.9 Å². The molecule has 6 aromatic rings. The molecule has 3 aliphatic carbocycles. The molecule has 8 fully saturated rings. The number of aromatic nitrogens is 6. The van der Waals surface area contributed by atoms with Crippen molar-refractivity contribution in [1.82, 2.24) is 49.5 Å². The number of nitrogens with zero attached hydrogens (tertiary/aromatic N) is 10. The van der Waals surface area contributed by atoms with E-state index in [1.807, 2.05) is 111 Å². The van der Waals surface area contributed by atoms with Crippen LogP contribution in [-0.4, -0.2) is 196 Å². The summed E-state index contributed by atoms with van der Waals surface area (Å²) in [6, 6.07) is 10.4. The van der Waals surface area contributed by atoms with E-state index in [0.717, 1.165) is 96.1 Å². The zero-order valence-electron chi connectivity index (χ0n) is 64.9. The molecule has 4 amide bonds. The van der Waals surface area contributed by atoms with Crippen LogP contribution in [0.4, 0.5) is 53.3 Å². The van der Waals surface area contributed by atoms with Gasteiger partial charge in [0.25, 0.3) is 0 Å². The summed E-state index contributed by atoms with van der Waals surface area (Å²) in [5.41, 5.74) is 35.9. The second-order valence-corrected chi connectivity index (χ2v) is 34.0. The fraction of sp³-hybridized carbons (Fsp3) is 0.558. The Balaban J connectivity index is 0.000000153. The second kappa shape index (κ2) is 35.3. The van der Waals surface area contributed by atoms with Crippen molar-refractivity contribution in [2.75, 3.05) is 92.3 Å². The largest absolute Gasteiger partial charge is 0.494 e. The summed E-state index contributed by atoms with van der Waals surface area (Å²) in [6.45, 7) is 26.5. The summed E-state index contributed by atoms with van der Waals surface area (Å²) in [5, 5.41) is 0.381. The van der Waals surface area contributed by atoms with Crippen molar-refractivity contribution >= 4 is 81.9 Å². The fourth-order valence-electron chi connectivity index (χ4n) is 13.1. The molecule has 12 N–H and O–H groups in total. The first kappa shape index (κ1) is 83.3. The van der Waals surface area contributed by atoms with Gasteiger partial charge in [0, 0.05) is 125 Å². The van der Waals surface area contributed by atoms with Crippen LogP contribution in [0.15, 0.2) is 105 Å². The number of nitrogen functional groups attached to an aromatic ring is 6. The summed E-state index contributed by atoms with van der Waals surface area (Å²) >= 11 is 7.54. The van der Waals surface area contributed by atoms with Crippen LogP contribution >= 0.6 is 23.4 Å². The van der Waals surface area contributed by atoms with Gasteiger partial charge in [-0.2, -0.15) is 11.8 Å². The molecule has 0 unspecified atom stereocenters. The number of nitrogens with two attached hydrogens (primary N) is 6. The molecule has 0 radical (unpaired) electrons. The van der Waals surface area contributed by atoms with Gasteiger partial charge < -0.3 is 101 Å². The number of rotatable bonds is 11. The maximum absolute atomic E-state index is 12.2. The number of anilines is 6. The fourth-order valence-corrected chi connectivity index (χ4v) is 14.3. The van der Waals surface area contributed by atoms with E-state index in [4.69, 9.17) is 93.4 Å². The minimum absolute atomic E-state index is 0.0442. The number of ether oxygens (including phenoxy) is 10. The highest BCUT2D eigenvalue weighted by Crippen LogP contribution is 2.52. The Hall–Kier alpha value is -9.78. The number of likely N-dealkylation sites (tertiary alicyclic amines) is 4. The number of carbonyl (C=O) groups is 4. The lowest BCUT2D eigenvalue weighted by Crippen LogP contribution is -2.70. The summed E-state index contributed by atoms with van der Waals surface area (Å²) in [4.78, 5) is 78.5. The van der Waals surface area contributed by atoms with Gasteiger partial charge in [0.15, 0.2) is 0 Å². The van der Waals surface area contributed by atoms with Crippen LogP contribution < -0.4 is 62.8 Å². The minimum atomic E-state index is -0.474. The molecule has 3 spiro atoms. The SMILES string of the molecule is CC(C)(C)OC(=O)N1CC(Oc2ccncc2N)C1.CC(C)(C)OC(=O)N1CC2(CC(Oc3ccncc3N)C2)C1.CC(C)(C)OC(=O)N1CCC12CC(Oc1ccncc1N)C2.CC(C)(C)OC(=O)N1CCC12CC(Oc1ccncc1N)C2.COc1cc(Cl)ncc1N.Nc1cnccc1OC1CCSCC1. The van der Waals surface area contributed by atoms with Gasteiger partial charge in [-0.3, -0.25) is 24.9 Å². The average Bonchev–Trinajstić information content (AvgIpc) is 0.735. The van der Waals surface area contributed by atoms with Crippen LogP contribution in [0.3, 0.4) is 0 Å². The first-order chi connectivity index (χ1) is 51.3. The molecule has 11 heterocycles. The van der Waals surface area contributed by atoms with Crippen molar-refractivity contribution in [3.8, 4) is 34.5 Å². The van der Waals surface area contributed by atoms with E-state index in [2.05, 4.69) is 29.9 Å². The monoisotopic (exact) mass is 1550 g/mol.